The highest BCUT2D eigenvalue weighted by Crippen LogP contribution is 2.26. The fourth-order valence-corrected chi connectivity index (χ4v) is 2.41. The van der Waals surface area contributed by atoms with Crippen LogP contribution in [0.3, 0.4) is 0 Å². The molecule has 2 atom stereocenters. The van der Waals surface area contributed by atoms with Crippen molar-refractivity contribution < 1.29 is 24.2 Å². The Morgan fingerprint density at radius 1 is 1.09 bits per heavy atom. The zero-order valence-electron chi connectivity index (χ0n) is 12.1. The van der Waals surface area contributed by atoms with Gasteiger partial charge in [-0.15, -0.1) is 0 Å². The van der Waals surface area contributed by atoms with Gasteiger partial charge in [-0.1, -0.05) is 12.2 Å². The highest BCUT2D eigenvalue weighted by atomic mass is 16.5. The topological polar surface area (TPSA) is 95.5 Å². The van der Waals surface area contributed by atoms with E-state index in [-0.39, 0.29) is 5.91 Å². The first-order chi connectivity index (χ1) is 10.5. The van der Waals surface area contributed by atoms with E-state index in [9.17, 15) is 19.5 Å². The molecule has 116 valence electrons. The molecule has 6 heteroatoms. The molecule has 0 bridgehead atoms. The summed E-state index contributed by atoms with van der Waals surface area (Å²) < 4.78 is 4.59. The third-order valence-electron chi connectivity index (χ3n) is 3.65. The number of hydrogen-bond donors (Lipinski definition) is 1. The van der Waals surface area contributed by atoms with E-state index in [1.807, 2.05) is 0 Å². The lowest BCUT2D eigenvalue weighted by molar-refractivity contribution is -0.313. The highest BCUT2D eigenvalue weighted by molar-refractivity contribution is 5.96. The van der Waals surface area contributed by atoms with Gasteiger partial charge in [-0.2, -0.15) is 0 Å². The molecular formula is C16H16NO5-. The number of carbonyl (C=O) groups is 3. The van der Waals surface area contributed by atoms with Crippen molar-refractivity contribution in [1.29, 1.82) is 0 Å². The maximum atomic E-state index is 12.2. The molecule has 2 rings (SSSR count). The van der Waals surface area contributed by atoms with Crippen LogP contribution in [0.4, 0.5) is 5.69 Å². The number of anilines is 1. The normalized spacial score (nSPS) is 20.2. The summed E-state index contributed by atoms with van der Waals surface area (Å²) in [5, 5.41) is 13.8. The number of carboxylic acids is 1. The first-order valence-electron chi connectivity index (χ1n) is 6.88. The number of nitrogens with one attached hydrogen (secondary N) is 1. The third kappa shape index (κ3) is 3.52. The van der Waals surface area contributed by atoms with Crippen LogP contribution in [0.25, 0.3) is 0 Å². The molecule has 0 spiro atoms. The van der Waals surface area contributed by atoms with Gasteiger partial charge < -0.3 is 20.0 Å². The predicted octanol–water partition coefficient (Wildman–Crippen LogP) is 0.744. The summed E-state index contributed by atoms with van der Waals surface area (Å²) in [6.45, 7) is 0. The molecule has 0 fully saturated rings. The number of aliphatic carboxylic acids is 1. The second kappa shape index (κ2) is 6.89. The van der Waals surface area contributed by atoms with Crippen molar-refractivity contribution in [3.63, 3.8) is 0 Å². The van der Waals surface area contributed by atoms with Crippen LogP contribution in [0.15, 0.2) is 36.4 Å². The molecule has 0 aromatic heterocycles. The van der Waals surface area contributed by atoms with Gasteiger partial charge >= 0.3 is 5.97 Å². The Morgan fingerprint density at radius 3 is 2.23 bits per heavy atom. The van der Waals surface area contributed by atoms with E-state index >= 15 is 0 Å². The van der Waals surface area contributed by atoms with Crippen LogP contribution in [0.5, 0.6) is 0 Å². The number of carbonyl (C=O) groups excluding carboxylic acids is 3. The molecule has 0 saturated carbocycles. The van der Waals surface area contributed by atoms with Gasteiger partial charge in [0.05, 0.1) is 18.6 Å². The molecule has 0 aliphatic heterocycles. The van der Waals surface area contributed by atoms with Gasteiger partial charge in [0.25, 0.3) is 0 Å². The number of esters is 1. The van der Waals surface area contributed by atoms with E-state index in [2.05, 4.69) is 10.1 Å². The Balaban J connectivity index is 2.06. The maximum absolute atomic E-state index is 12.2. The van der Waals surface area contributed by atoms with Crippen LogP contribution in [0.2, 0.25) is 0 Å². The predicted molar refractivity (Wildman–Crippen MR) is 76.8 cm³/mol. The first-order valence-corrected chi connectivity index (χ1v) is 6.88. The summed E-state index contributed by atoms with van der Waals surface area (Å²) in [4.78, 5) is 34.7. The minimum absolute atomic E-state index is 0.293. The maximum Gasteiger partial charge on any atom is 0.337 e. The summed E-state index contributed by atoms with van der Waals surface area (Å²) in [6, 6.07) is 6.19. The minimum Gasteiger partial charge on any atom is -0.550 e. The van der Waals surface area contributed by atoms with Crippen molar-refractivity contribution in [2.24, 2.45) is 11.8 Å². The second-order valence-corrected chi connectivity index (χ2v) is 5.03. The average molecular weight is 302 g/mol. The Hall–Kier alpha value is -2.63. The Morgan fingerprint density at radius 2 is 1.68 bits per heavy atom. The molecule has 22 heavy (non-hydrogen) atoms. The van der Waals surface area contributed by atoms with Crippen molar-refractivity contribution in [3.05, 3.63) is 42.0 Å². The highest BCUT2D eigenvalue weighted by Gasteiger charge is 2.29. The summed E-state index contributed by atoms with van der Waals surface area (Å²) in [5.41, 5.74) is 0.859. The van der Waals surface area contributed by atoms with Crippen molar-refractivity contribution in [2.45, 2.75) is 12.8 Å². The molecule has 1 aliphatic rings. The van der Waals surface area contributed by atoms with E-state index < -0.39 is 23.8 Å². The summed E-state index contributed by atoms with van der Waals surface area (Å²) in [5.74, 6) is -3.53. The number of benzene rings is 1. The first kappa shape index (κ1) is 15.8. The standard InChI is InChI=1S/C16H17NO5/c1-22-16(21)10-6-8-11(9-7-10)17-14(18)12-4-2-3-5-13(12)15(19)20/h2-3,6-9,12-13H,4-5H2,1H3,(H,17,18)(H,19,20)/p-1/t12-,13+/m0/s1. The van der Waals surface area contributed by atoms with Gasteiger partial charge in [0.2, 0.25) is 5.91 Å². The minimum atomic E-state index is -1.22. The largest absolute Gasteiger partial charge is 0.550 e. The molecule has 1 amide bonds. The number of ether oxygens (including phenoxy) is 1. The van der Waals surface area contributed by atoms with E-state index in [1.54, 1.807) is 24.3 Å². The van der Waals surface area contributed by atoms with Crippen molar-refractivity contribution in [1.82, 2.24) is 0 Å². The van der Waals surface area contributed by atoms with Crippen molar-refractivity contribution in [3.8, 4) is 0 Å². The summed E-state index contributed by atoms with van der Waals surface area (Å²) in [6.07, 6.45) is 4.20. The molecule has 1 aliphatic carbocycles. The van der Waals surface area contributed by atoms with E-state index in [0.717, 1.165) is 0 Å². The quantitative estimate of drug-likeness (QED) is 0.654. The zero-order valence-corrected chi connectivity index (χ0v) is 12.1. The average Bonchev–Trinajstić information content (AvgIpc) is 2.54. The second-order valence-electron chi connectivity index (χ2n) is 5.03. The van der Waals surface area contributed by atoms with Gasteiger partial charge in [0, 0.05) is 17.6 Å². The van der Waals surface area contributed by atoms with Crippen LogP contribution in [0.1, 0.15) is 23.2 Å². The van der Waals surface area contributed by atoms with Gasteiger partial charge in [-0.3, -0.25) is 4.79 Å². The Kier molecular flexibility index (Phi) is 4.93. The van der Waals surface area contributed by atoms with Crippen LogP contribution in [0, 0.1) is 11.8 Å². The number of carboxylic acid groups (broad SMARTS) is 1. The summed E-state index contributed by atoms with van der Waals surface area (Å²) in [7, 11) is 1.29. The van der Waals surface area contributed by atoms with Gasteiger partial charge in [-0.05, 0) is 37.1 Å². The van der Waals surface area contributed by atoms with Crippen LogP contribution in [-0.4, -0.2) is 25.0 Å². The number of allylic oxidation sites excluding steroid dienone is 2. The molecule has 1 aromatic rings. The number of rotatable bonds is 4. The van der Waals surface area contributed by atoms with E-state index in [4.69, 9.17) is 0 Å². The SMILES string of the molecule is COC(=O)c1ccc(NC(=O)[C@H]2CC=CC[C@H]2C(=O)[O-])cc1. The third-order valence-corrected chi connectivity index (χ3v) is 3.65. The van der Waals surface area contributed by atoms with Crippen LogP contribution < -0.4 is 10.4 Å². The number of amides is 1. The van der Waals surface area contributed by atoms with E-state index in [0.29, 0.717) is 24.1 Å². The molecule has 1 N–H and O–H groups in total. The number of hydrogen-bond acceptors (Lipinski definition) is 5. The molecule has 0 heterocycles. The Labute approximate surface area is 127 Å². The lowest BCUT2D eigenvalue weighted by atomic mass is 9.82. The number of methoxy groups -OCH3 is 1. The van der Waals surface area contributed by atoms with Gasteiger partial charge in [0.15, 0.2) is 0 Å². The van der Waals surface area contributed by atoms with E-state index in [1.165, 1.54) is 19.2 Å². The molecule has 0 saturated heterocycles. The zero-order chi connectivity index (χ0) is 16.1. The van der Waals surface area contributed by atoms with Gasteiger partial charge in [-0.25, -0.2) is 4.79 Å². The molecule has 6 nitrogen and oxygen atoms in total. The fourth-order valence-electron chi connectivity index (χ4n) is 2.41. The lowest BCUT2D eigenvalue weighted by Gasteiger charge is -2.28. The van der Waals surface area contributed by atoms with Crippen molar-refractivity contribution >= 4 is 23.5 Å². The monoisotopic (exact) mass is 302 g/mol. The lowest BCUT2D eigenvalue weighted by Crippen LogP contribution is -2.41. The van der Waals surface area contributed by atoms with Crippen LogP contribution >= 0.6 is 0 Å². The summed E-state index contributed by atoms with van der Waals surface area (Å²) >= 11 is 0. The Bertz CT molecular complexity index is 605. The van der Waals surface area contributed by atoms with Crippen molar-refractivity contribution in [2.75, 3.05) is 12.4 Å². The molecular weight excluding hydrogens is 286 g/mol. The molecule has 0 radical (unpaired) electrons. The van der Waals surface area contributed by atoms with Gasteiger partial charge in [0.1, 0.15) is 0 Å². The fraction of sp³-hybridized carbons (Fsp3) is 0.312. The smallest absolute Gasteiger partial charge is 0.337 e. The molecule has 0 unspecified atom stereocenters. The molecule has 1 aromatic carbocycles. The van der Waals surface area contributed by atoms with Crippen LogP contribution in [-0.2, 0) is 14.3 Å².